The first-order valence-corrected chi connectivity index (χ1v) is 6.11. The molecule has 0 saturated heterocycles. The summed E-state index contributed by atoms with van der Waals surface area (Å²) in [5.41, 5.74) is 1.36. The second-order valence-corrected chi connectivity index (χ2v) is 4.19. The lowest BCUT2D eigenvalue weighted by atomic mass is 10.2. The number of rotatable bonds is 5. The van der Waals surface area contributed by atoms with Crippen molar-refractivity contribution in [3.63, 3.8) is 0 Å². The van der Waals surface area contributed by atoms with Gasteiger partial charge in [-0.25, -0.2) is 0 Å². The molecule has 0 amide bonds. The van der Waals surface area contributed by atoms with Crippen LogP contribution in [-0.2, 0) is 0 Å². The topological polar surface area (TPSA) is 111 Å². The van der Waals surface area contributed by atoms with Crippen LogP contribution in [0.5, 0.6) is 0 Å². The Bertz CT molecular complexity index is 671. The molecule has 0 aliphatic heterocycles. The zero-order valence-electron chi connectivity index (χ0n) is 11.2. The standard InChI is InChI=1S/C14H10N4O4/c19-17(20)13-5-1-11(2-6-13)9-15-16-10-12-3-7-14(8-4-12)18(21)22/h1-10H/b15-9+,16-10+. The molecule has 110 valence electrons. The van der Waals surface area contributed by atoms with Crippen LogP contribution in [0.25, 0.3) is 0 Å². The molecule has 0 heterocycles. The molecular weight excluding hydrogens is 288 g/mol. The maximum absolute atomic E-state index is 10.5. The molecule has 0 atom stereocenters. The Kier molecular flexibility index (Phi) is 4.66. The monoisotopic (exact) mass is 298 g/mol. The Hall–Kier alpha value is -3.42. The normalized spacial score (nSPS) is 11.1. The van der Waals surface area contributed by atoms with Crippen LogP contribution in [-0.4, -0.2) is 22.3 Å². The number of nitrogens with zero attached hydrogens (tertiary/aromatic N) is 4. The molecule has 0 spiro atoms. The van der Waals surface area contributed by atoms with Gasteiger partial charge in [-0.1, -0.05) is 0 Å². The second-order valence-electron chi connectivity index (χ2n) is 4.19. The summed E-state index contributed by atoms with van der Waals surface area (Å²) in [4.78, 5) is 20.0. The molecule has 8 heteroatoms. The average molecular weight is 298 g/mol. The zero-order valence-corrected chi connectivity index (χ0v) is 11.2. The Balaban J connectivity index is 1.99. The van der Waals surface area contributed by atoms with Gasteiger partial charge < -0.3 is 0 Å². The third-order valence-corrected chi connectivity index (χ3v) is 2.69. The zero-order chi connectivity index (χ0) is 15.9. The molecule has 0 aliphatic rings. The van der Waals surface area contributed by atoms with E-state index in [1.54, 1.807) is 24.3 Å². The van der Waals surface area contributed by atoms with Gasteiger partial charge in [-0.15, -0.1) is 0 Å². The Morgan fingerprint density at radius 3 is 1.27 bits per heavy atom. The highest BCUT2D eigenvalue weighted by atomic mass is 16.6. The summed E-state index contributed by atoms with van der Waals surface area (Å²) >= 11 is 0. The number of nitro benzene ring substituents is 2. The quantitative estimate of drug-likeness (QED) is 0.480. The van der Waals surface area contributed by atoms with Gasteiger partial charge in [0.25, 0.3) is 11.4 Å². The third kappa shape index (κ3) is 4.04. The molecule has 0 unspecified atom stereocenters. The van der Waals surface area contributed by atoms with Crippen LogP contribution in [0.3, 0.4) is 0 Å². The van der Waals surface area contributed by atoms with Gasteiger partial charge in [-0.3, -0.25) is 20.2 Å². The molecule has 8 nitrogen and oxygen atoms in total. The van der Waals surface area contributed by atoms with Gasteiger partial charge in [-0.05, 0) is 35.4 Å². The van der Waals surface area contributed by atoms with Gasteiger partial charge >= 0.3 is 0 Å². The van der Waals surface area contributed by atoms with E-state index in [0.29, 0.717) is 11.1 Å². The molecule has 0 saturated carbocycles. The molecule has 0 N–H and O–H groups in total. The summed E-state index contributed by atoms with van der Waals surface area (Å²) in [6, 6.07) is 11.7. The molecule has 2 aromatic carbocycles. The van der Waals surface area contributed by atoms with E-state index in [-0.39, 0.29) is 11.4 Å². The van der Waals surface area contributed by atoms with Crippen LogP contribution >= 0.6 is 0 Å². The fraction of sp³-hybridized carbons (Fsp3) is 0. The Labute approximate surface area is 124 Å². The van der Waals surface area contributed by atoms with Crippen molar-refractivity contribution >= 4 is 23.8 Å². The minimum Gasteiger partial charge on any atom is -0.258 e. The molecule has 0 radical (unpaired) electrons. The number of hydrogen-bond acceptors (Lipinski definition) is 6. The maximum atomic E-state index is 10.5. The predicted molar refractivity (Wildman–Crippen MR) is 81.4 cm³/mol. The van der Waals surface area contributed by atoms with Crippen LogP contribution in [0.4, 0.5) is 11.4 Å². The molecule has 2 aromatic rings. The number of benzene rings is 2. The van der Waals surface area contributed by atoms with Crippen molar-refractivity contribution in [3.8, 4) is 0 Å². The second kappa shape index (κ2) is 6.84. The summed E-state index contributed by atoms with van der Waals surface area (Å²) in [6.45, 7) is 0. The van der Waals surface area contributed by atoms with Crippen LogP contribution in [0.2, 0.25) is 0 Å². The number of non-ortho nitro benzene ring substituents is 2. The largest absolute Gasteiger partial charge is 0.269 e. The van der Waals surface area contributed by atoms with Crippen molar-refractivity contribution in [2.24, 2.45) is 10.2 Å². The van der Waals surface area contributed by atoms with E-state index in [2.05, 4.69) is 10.2 Å². The molecule has 2 rings (SSSR count). The van der Waals surface area contributed by atoms with Gasteiger partial charge in [0.1, 0.15) is 0 Å². The number of hydrogen-bond donors (Lipinski definition) is 0. The molecule has 0 fully saturated rings. The molecule has 0 aromatic heterocycles. The van der Waals surface area contributed by atoms with Gasteiger partial charge in [0.05, 0.1) is 22.3 Å². The van der Waals surface area contributed by atoms with E-state index >= 15 is 0 Å². The van der Waals surface area contributed by atoms with E-state index in [4.69, 9.17) is 0 Å². The fourth-order valence-corrected chi connectivity index (χ4v) is 1.56. The van der Waals surface area contributed by atoms with Crippen molar-refractivity contribution in [2.75, 3.05) is 0 Å². The minimum atomic E-state index is -0.479. The van der Waals surface area contributed by atoms with Gasteiger partial charge in [0.2, 0.25) is 0 Å². The first-order chi connectivity index (χ1) is 10.6. The lowest BCUT2D eigenvalue weighted by molar-refractivity contribution is -0.385. The lowest BCUT2D eigenvalue weighted by Gasteiger charge is -1.93. The summed E-state index contributed by atoms with van der Waals surface area (Å²) < 4.78 is 0. The molecular formula is C14H10N4O4. The third-order valence-electron chi connectivity index (χ3n) is 2.69. The van der Waals surface area contributed by atoms with Gasteiger partial charge in [0.15, 0.2) is 0 Å². The number of nitro groups is 2. The highest BCUT2D eigenvalue weighted by Gasteiger charge is 2.03. The highest BCUT2D eigenvalue weighted by Crippen LogP contribution is 2.11. The van der Waals surface area contributed by atoms with E-state index in [1.807, 2.05) is 0 Å². The van der Waals surface area contributed by atoms with Crippen molar-refractivity contribution in [1.29, 1.82) is 0 Å². The fourth-order valence-electron chi connectivity index (χ4n) is 1.56. The van der Waals surface area contributed by atoms with Gasteiger partial charge in [0, 0.05) is 24.3 Å². The summed E-state index contributed by atoms with van der Waals surface area (Å²) in [7, 11) is 0. The van der Waals surface area contributed by atoms with Crippen LogP contribution in [0, 0.1) is 20.2 Å². The Morgan fingerprint density at radius 2 is 1.00 bits per heavy atom. The van der Waals surface area contributed by atoms with E-state index in [0.717, 1.165) is 0 Å². The van der Waals surface area contributed by atoms with Crippen LogP contribution in [0.1, 0.15) is 11.1 Å². The van der Waals surface area contributed by atoms with Gasteiger partial charge in [-0.2, -0.15) is 10.2 Å². The average Bonchev–Trinajstić information content (AvgIpc) is 2.52. The van der Waals surface area contributed by atoms with Crippen LogP contribution in [0.15, 0.2) is 58.7 Å². The van der Waals surface area contributed by atoms with Crippen molar-refractivity contribution in [1.82, 2.24) is 0 Å². The molecule has 22 heavy (non-hydrogen) atoms. The SMILES string of the molecule is O=[N+]([O-])c1ccc(/C=N/N=C/c2ccc([N+](=O)[O-])cc2)cc1. The van der Waals surface area contributed by atoms with E-state index < -0.39 is 9.85 Å². The summed E-state index contributed by atoms with van der Waals surface area (Å²) in [5.74, 6) is 0. The first-order valence-electron chi connectivity index (χ1n) is 6.11. The highest BCUT2D eigenvalue weighted by molar-refractivity contribution is 5.83. The minimum absolute atomic E-state index is 0.00605. The van der Waals surface area contributed by atoms with Crippen molar-refractivity contribution in [3.05, 3.63) is 79.9 Å². The summed E-state index contributed by atoms with van der Waals surface area (Å²) in [6.07, 6.45) is 2.90. The van der Waals surface area contributed by atoms with Crippen molar-refractivity contribution < 1.29 is 9.85 Å². The van der Waals surface area contributed by atoms with E-state index in [1.165, 1.54) is 36.7 Å². The van der Waals surface area contributed by atoms with Crippen LogP contribution < -0.4 is 0 Å². The predicted octanol–water partition coefficient (Wildman–Crippen LogP) is 2.96. The van der Waals surface area contributed by atoms with Crippen molar-refractivity contribution in [2.45, 2.75) is 0 Å². The lowest BCUT2D eigenvalue weighted by Crippen LogP contribution is -1.88. The first kappa shape index (κ1) is 15.0. The smallest absolute Gasteiger partial charge is 0.258 e. The van der Waals surface area contributed by atoms with E-state index in [9.17, 15) is 20.2 Å². The maximum Gasteiger partial charge on any atom is 0.269 e. The molecule has 0 bridgehead atoms. The Morgan fingerprint density at radius 1 is 0.682 bits per heavy atom. The summed E-state index contributed by atoms with van der Waals surface area (Å²) in [5, 5.41) is 28.6. The molecule has 0 aliphatic carbocycles.